The highest BCUT2D eigenvalue weighted by atomic mass is 35.5. The number of rotatable bonds is 6. The van der Waals surface area contributed by atoms with Crippen LogP contribution in [-0.4, -0.2) is 73.0 Å². The van der Waals surface area contributed by atoms with E-state index in [0.717, 1.165) is 45.2 Å². The number of hydrogen-bond acceptors (Lipinski definition) is 7. The number of ether oxygens (including phenoxy) is 2. The fourth-order valence-electron chi connectivity index (χ4n) is 6.10. The van der Waals surface area contributed by atoms with Crippen LogP contribution in [-0.2, 0) is 17.6 Å². The first kappa shape index (κ1) is 27.4. The Kier molecular flexibility index (Phi) is 7.21. The van der Waals surface area contributed by atoms with Crippen molar-refractivity contribution in [1.29, 1.82) is 0 Å². The predicted molar refractivity (Wildman–Crippen MR) is 159 cm³/mol. The summed E-state index contributed by atoms with van der Waals surface area (Å²) in [5.74, 6) is 0.0666. The summed E-state index contributed by atoms with van der Waals surface area (Å²) in [7, 11) is 3.64. The molecule has 10 heteroatoms. The van der Waals surface area contributed by atoms with Crippen LogP contribution in [0.3, 0.4) is 0 Å². The third kappa shape index (κ3) is 5.41. The Bertz CT molecular complexity index is 1380. The van der Waals surface area contributed by atoms with Gasteiger partial charge in [-0.15, -0.1) is 11.6 Å². The number of halogens is 2. The van der Waals surface area contributed by atoms with Crippen molar-refractivity contribution in [2.24, 2.45) is 15.9 Å². The SMILES string of the molecule is COc1cc(C(=O)NC2CCN(C)CC2)c(Cl)cc1NC1(C)N=CC(Cl)C(OC23Cc4ccccc4CC2C3)=N1. The van der Waals surface area contributed by atoms with E-state index in [-0.39, 0.29) is 17.6 Å². The van der Waals surface area contributed by atoms with Gasteiger partial charge in [0.1, 0.15) is 16.7 Å². The molecule has 4 aliphatic rings. The zero-order valence-corrected chi connectivity index (χ0v) is 24.6. The molecule has 2 fully saturated rings. The highest BCUT2D eigenvalue weighted by Crippen LogP contribution is 2.55. The van der Waals surface area contributed by atoms with Crippen LogP contribution in [0.2, 0.25) is 5.02 Å². The molecule has 1 amide bonds. The Labute approximate surface area is 245 Å². The van der Waals surface area contributed by atoms with Crippen LogP contribution >= 0.6 is 23.2 Å². The molecule has 2 aromatic rings. The van der Waals surface area contributed by atoms with Crippen LogP contribution in [0.25, 0.3) is 0 Å². The Hall–Kier alpha value is -2.81. The molecule has 2 N–H and O–H groups in total. The minimum atomic E-state index is -1.09. The Balaban J connectivity index is 1.19. The number of benzene rings is 2. The van der Waals surface area contributed by atoms with Crippen molar-refractivity contribution in [3.63, 3.8) is 0 Å². The number of carbonyl (C=O) groups excluding carboxylic acids is 1. The number of piperidine rings is 1. The molecule has 0 spiro atoms. The summed E-state index contributed by atoms with van der Waals surface area (Å²) in [6.45, 7) is 3.74. The number of nitrogens with zero attached hydrogens (tertiary/aromatic N) is 3. The van der Waals surface area contributed by atoms with Crippen LogP contribution in [0.5, 0.6) is 5.75 Å². The van der Waals surface area contributed by atoms with Gasteiger partial charge in [-0.05, 0) is 69.1 Å². The number of alkyl halides is 1. The number of likely N-dealkylation sites (tertiary alicyclic amines) is 1. The van der Waals surface area contributed by atoms with Crippen LogP contribution in [0.15, 0.2) is 46.4 Å². The lowest BCUT2D eigenvalue weighted by molar-refractivity contribution is 0.0916. The fourth-order valence-corrected chi connectivity index (χ4v) is 6.50. The van der Waals surface area contributed by atoms with Crippen LogP contribution in [0.1, 0.15) is 47.7 Å². The van der Waals surface area contributed by atoms with E-state index in [1.54, 1.807) is 25.5 Å². The molecule has 0 aromatic heterocycles. The third-order valence-electron chi connectivity index (χ3n) is 8.54. The van der Waals surface area contributed by atoms with Gasteiger partial charge in [0.15, 0.2) is 0 Å². The second kappa shape index (κ2) is 10.5. The molecule has 1 saturated carbocycles. The molecule has 6 rings (SSSR count). The molecule has 0 bridgehead atoms. The van der Waals surface area contributed by atoms with E-state index in [1.807, 2.05) is 6.92 Å². The summed E-state index contributed by atoms with van der Waals surface area (Å²) in [5, 5.41) is 6.20. The minimum absolute atomic E-state index is 0.124. The van der Waals surface area contributed by atoms with Gasteiger partial charge in [-0.3, -0.25) is 4.79 Å². The van der Waals surface area contributed by atoms with Crippen LogP contribution in [0.4, 0.5) is 5.69 Å². The maximum atomic E-state index is 13.1. The molecule has 1 saturated heterocycles. The number of anilines is 1. The first-order chi connectivity index (χ1) is 19.2. The Morgan fingerprint density at radius 1 is 1.18 bits per heavy atom. The van der Waals surface area contributed by atoms with Gasteiger partial charge < -0.3 is 25.0 Å². The molecule has 2 aromatic carbocycles. The van der Waals surface area contributed by atoms with Crippen molar-refractivity contribution in [2.45, 2.75) is 61.8 Å². The van der Waals surface area contributed by atoms with E-state index >= 15 is 0 Å². The quantitative estimate of drug-likeness (QED) is 0.471. The number of aliphatic imine (C=N–C) groups is 2. The van der Waals surface area contributed by atoms with E-state index in [4.69, 9.17) is 37.7 Å². The topological polar surface area (TPSA) is 87.6 Å². The van der Waals surface area contributed by atoms with Crippen molar-refractivity contribution in [3.8, 4) is 5.75 Å². The van der Waals surface area contributed by atoms with Crippen molar-refractivity contribution in [3.05, 3.63) is 58.1 Å². The standard InChI is InChI=1S/C30H35Cl2N5O3/c1-29(33-17-24(32)28(36-29)40-30-15-19-7-5-4-6-18(19)12-20(30)16-30)35-25-14-23(31)22(13-26(25)39-3)27(38)34-21-8-10-37(2)11-9-21/h4-7,13-14,17,20-21,24,35H,8-12,15-16H2,1-3H3,(H,34,38). The smallest absolute Gasteiger partial charge is 0.253 e. The molecule has 40 heavy (non-hydrogen) atoms. The normalized spacial score (nSPS) is 29.6. The van der Waals surface area contributed by atoms with Crippen molar-refractivity contribution in [2.75, 3.05) is 32.6 Å². The van der Waals surface area contributed by atoms with E-state index in [9.17, 15) is 4.79 Å². The van der Waals surface area contributed by atoms with Gasteiger partial charge in [0.2, 0.25) is 11.7 Å². The van der Waals surface area contributed by atoms with Crippen molar-refractivity contribution in [1.82, 2.24) is 10.2 Å². The van der Waals surface area contributed by atoms with Gasteiger partial charge in [0, 0.05) is 31.5 Å². The fraction of sp³-hybridized carbons (Fsp3) is 0.500. The van der Waals surface area contributed by atoms with E-state index in [0.29, 0.717) is 33.8 Å². The summed E-state index contributed by atoms with van der Waals surface area (Å²) in [5.41, 5.74) is 3.39. The highest BCUT2D eigenvalue weighted by molar-refractivity contribution is 6.39. The van der Waals surface area contributed by atoms with Gasteiger partial charge in [-0.25, -0.2) is 9.98 Å². The lowest BCUT2D eigenvalue weighted by Crippen LogP contribution is -2.43. The van der Waals surface area contributed by atoms with Crippen LogP contribution < -0.4 is 15.4 Å². The zero-order valence-electron chi connectivity index (χ0n) is 23.0. The first-order valence-corrected chi connectivity index (χ1v) is 14.7. The van der Waals surface area contributed by atoms with Gasteiger partial charge in [0.05, 0.1) is 23.4 Å². The number of amides is 1. The summed E-state index contributed by atoms with van der Waals surface area (Å²) < 4.78 is 12.2. The lowest BCUT2D eigenvalue weighted by Gasteiger charge is -2.32. The summed E-state index contributed by atoms with van der Waals surface area (Å²) >= 11 is 13.2. The maximum absolute atomic E-state index is 13.1. The molecule has 2 heterocycles. The molecule has 2 aliphatic heterocycles. The number of nitrogens with one attached hydrogen (secondary N) is 2. The first-order valence-electron chi connectivity index (χ1n) is 13.9. The Morgan fingerprint density at radius 3 is 2.67 bits per heavy atom. The zero-order chi connectivity index (χ0) is 28.1. The predicted octanol–water partition coefficient (Wildman–Crippen LogP) is 4.92. The van der Waals surface area contributed by atoms with E-state index in [1.165, 1.54) is 11.1 Å². The molecular formula is C30H35Cl2N5O3. The van der Waals surface area contributed by atoms with Crippen molar-refractivity contribution >= 4 is 46.9 Å². The summed E-state index contributed by atoms with van der Waals surface area (Å²) in [6, 6.07) is 12.0. The maximum Gasteiger partial charge on any atom is 0.253 e. The third-order valence-corrected chi connectivity index (χ3v) is 9.15. The molecule has 4 unspecified atom stereocenters. The van der Waals surface area contributed by atoms with Gasteiger partial charge in [-0.1, -0.05) is 35.9 Å². The monoisotopic (exact) mass is 583 g/mol. The van der Waals surface area contributed by atoms with Gasteiger partial charge >= 0.3 is 0 Å². The largest absolute Gasteiger partial charge is 0.495 e. The molecule has 8 nitrogen and oxygen atoms in total. The van der Waals surface area contributed by atoms with Crippen LogP contribution in [0, 0.1) is 5.92 Å². The average Bonchev–Trinajstić information content (AvgIpc) is 3.62. The minimum Gasteiger partial charge on any atom is -0.495 e. The lowest BCUT2D eigenvalue weighted by atomic mass is 9.90. The molecule has 4 atom stereocenters. The summed E-state index contributed by atoms with van der Waals surface area (Å²) in [6.07, 6.45) is 6.31. The van der Waals surface area contributed by atoms with E-state index < -0.39 is 11.2 Å². The number of fused-ring (bicyclic) bond motifs is 2. The van der Waals surface area contributed by atoms with Gasteiger partial charge in [0.25, 0.3) is 5.91 Å². The van der Waals surface area contributed by atoms with Crippen molar-refractivity contribution < 1.29 is 14.3 Å². The molecular weight excluding hydrogens is 549 g/mol. The number of carbonyl (C=O) groups is 1. The van der Waals surface area contributed by atoms with Gasteiger partial charge in [-0.2, -0.15) is 0 Å². The average molecular weight is 585 g/mol. The molecule has 2 aliphatic carbocycles. The van der Waals surface area contributed by atoms with E-state index in [2.05, 4.69) is 51.8 Å². The molecule has 0 radical (unpaired) electrons. The highest BCUT2D eigenvalue weighted by Gasteiger charge is 2.60. The second-order valence-corrected chi connectivity index (χ2v) is 12.5. The summed E-state index contributed by atoms with van der Waals surface area (Å²) in [4.78, 5) is 24.7. The molecule has 212 valence electrons. The number of hydrogen-bond donors (Lipinski definition) is 2. The Morgan fingerprint density at radius 2 is 1.93 bits per heavy atom. The number of methoxy groups -OCH3 is 1. The second-order valence-electron chi connectivity index (χ2n) is 11.6.